The average molecular weight is 192 g/mol. The fraction of sp³-hybridized carbons (Fsp3) is 0.714. The summed E-state index contributed by atoms with van der Waals surface area (Å²) in [5, 5.41) is 18.1. The van der Waals surface area contributed by atoms with Crippen molar-refractivity contribution in [2.75, 3.05) is 0 Å². The molecule has 0 amide bonds. The smallest absolute Gasteiger partial charge is 0.0909 e. The minimum absolute atomic E-state index is 0. The molecule has 1 fully saturated rings. The first-order valence-electron chi connectivity index (χ1n) is 3.28. The second-order valence-electron chi connectivity index (χ2n) is 2.52. The first kappa shape index (κ1) is 10.0. The minimum Gasteiger partial charge on any atom is -0.513 e. The van der Waals surface area contributed by atoms with Crippen LogP contribution in [0.2, 0.25) is 0 Å². The van der Waals surface area contributed by atoms with E-state index >= 15 is 0 Å². The van der Waals surface area contributed by atoms with Crippen molar-refractivity contribution in [3.8, 4) is 0 Å². The molecule has 1 saturated carbocycles. The van der Waals surface area contributed by atoms with Gasteiger partial charge in [-0.2, -0.15) is 0 Å². The quantitative estimate of drug-likeness (QED) is 0.449. The van der Waals surface area contributed by atoms with Crippen molar-refractivity contribution in [2.24, 2.45) is 0 Å². The Morgan fingerprint density at radius 2 is 2.20 bits per heavy atom. The summed E-state index contributed by atoms with van der Waals surface area (Å²) in [5.74, 6) is 0.306. The van der Waals surface area contributed by atoms with Gasteiger partial charge in [0.25, 0.3) is 0 Å². The van der Waals surface area contributed by atoms with Gasteiger partial charge in [0.05, 0.1) is 11.9 Å². The monoisotopic (exact) mass is 191 g/mol. The molecule has 0 aromatic heterocycles. The van der Waals surface area contributed by atoms with Gasteiger partial charge < -0.3 is 10.2 Å². The Morgan fingerprint density at radius 3 is 2.40 bits per heavy atom. The number of hydrogen-bond donors (Lipinski definition) is 2. The third-order valence-corrected chi connectivity index (χ3v) is 1.79. The average Bonchev–Trinajstić information content (AvgIpc) is 2.13. The molecule has 0 aromatic rings. The predicted octanol–water partition coefficient (Wildman–Crippen LogP) is 1.36. The molecule has 1 atom stereocenters. The molecule has 10 heavy (non-hydrogen) atoms. The van der Waals surface area contributed by atoms with Gasteiger partial charge in [-0.1, -0.05) is 0 Å². The minimum atomic E-state index is -0.366. The van der Waals surface area contributed by atoms with Crippen LogP contribution in [0, 0.1) is 0 Å². The van der Waals surface area contributed by atoms with Crippen LogP contribution >= 0.6 is 0 Å². The number of aliphatic hydroxyl groups excluding tert-OH is 2. The largest absolute Gasteiger partial charge is 0.513 e. The van der Waals surface area contributed by atoms with Crippen LogP contribution in [0.4, 0.5) is 0 Å². The van der Waals surface area contributed by atoms with E-state index in [2.05, 4.69) is 0 Å². The second-order valence-corrected chi connectivity index (χ2v) is 2.52. The van der Waals surface area contributed by atoms with Crippen LogP contribution in [0.1, 0.15) is 26.2 Å². The maximum absolute atomic E-state index is 9.14. The van der Waals surface area contributed by atoms with Crippen molar-refractivity contribution in [3.63, 3.8) is 0 Å². The molecule has 0 saturated heterocycles. The summed E-state index contributed by atoms with van der Waals surface area (Å²) in [6.45, 7) is 1.63. The van der Waals surface area contributed by atoms with Gasteiger partial charge in [-0.25, -0.2) is 0 Å². The molecule has 2 N–H and O–H groups in total. The standard InChI is InChI=1S/C7H12O2.Cu/c1-5(8)6-3-2-4-7(6)9;/h7-9H,2-4H2,1H3;. The topological polar surface area (TPSA) is 40.5 Å². The van der Waals surface area contributed by atoms with Crippen molar-refractivity contribution in [1.82, 2.24) is 0 Å². The van der Waals surface area contributed by atoms with Crippen molar-refractivity contribution in [2.45, 2.75) is 32.3 Å². The predicted molar refractivity (Wildman–Crippen MR) is 35.2 cm³/mol. The van der Waals surface area contributed by atoms with Crippen LogP contribution in [-0.4, -0.2) is 16.3 Å². The van der Waals surface area contributed by atoms with Crippen molar-refractivity contribution < 1.29 is 27.3 Å². The van der Waals surface area contributed by atoms with Gasteiger partial charge in [-0.15, -0.1) is 0 Å². The summed E-state index contributed by atoms with van der Waals surface area (Å²) < 4.78 is 0. The van der Waals surface area contributed by atoms with E-state index in [1.54, 1.807) is 6.92 Å². The van der Waals surface area contributed by atoms with E-state index in [0.717, 1.165) is 24.8 Å². The normalized spacial score (nSPS) is 29.6. The molecular weight excluding hydrogens is 180 g/mol. The third-order valence-electron chi connectivity index (χ3n) is 1.79. The van der Waals surface area contributed by atoms with E-state index in [1.165, 1.54) is 0 Å². The van der Waals surface area contributed by atoms with Crippen molar-refractivity contribution in [3.05, 3.63) is 11.3 Å². The molecule has 0 aliphatic heterocycles. The molecule has 2 nitrogen and oxygen atoms in total. The van der Waals surface area contributed by atoms with E-state index < -0.39 is 0 Å². The Kier molecular flexibility index (Phi) is 4.02. The molecule has 0 heterocycles. The van der Waals surface area contributed by atoms with Crippen LogP contribution in [-0.2, 0) is 17.1 Å². The zero-order chi connectivity index (χ0) is 6.85. The van der Waals surface area contributed by atoms with E-state index in [4.69, 9.17) is 10.2 Å². The van der Waals surface area contributed by atoms with Gasteiger partial charge >= 0.3 is 0 Å². The van der Waals surface area contributed by atoms with Crippen LogP contribution in [0.25, 0.3) is 0 Å². The zero-order valence-electron chi connectivity index (χ0n) is 5.89. The van der Waals surface area contributed by atoms with Crippen LogP contribution in [0.5, 0.6) is 0 Å². The van der Waals surface area contributed by atoms with E-state index in [-0.39, 0.29) is 23.2 Å². The third kappa shape index (κ3) is 2.01. The molecule has 0 bridgehead atoms. The first-order chi connectivity index (χ1) is 4.22. The summed E-state index contributed by atoms with van der Waals surface area (Å²) in [5.41, 5.74) is 0.829. The van der Waals surface area contributed by atoms with Crippen LogP contribution in [0.3, 0.4) is 0 Å². The van der Waals surface area contributed by atoms with E-state index in [9.17, 15) is 0 Å². The summed E-state index contributed by atoms with van der Waals surface area (Å²) in [7, 11) is 0. The number of aliphatic hydroxyl groups is 2. The number of allylic oxidation sites excluding steroid dienone is 1. The van der Waals surface area contributed by atoms with Crippen LogP contribution in [0.15, 0.2) is 11.3 Å². The zero-order valence-corrected chi connectivity index (χ0v) is 6.84. The first-order valence-corrected chi connectivity index (χ1v) is 3.28. The van der Waals surface area contributed by atoms with Gasteiger partial charge in [-0.3, -0.25) is 0 Å². The van der Waals surface area contributed by atoms with Crippen LogP contribution < -0.4 is 0 Å². The van der Waals surface area contributed by atoms with Crippen molar-refractivity contribution in [1.29, 1.82) is 0 Å². The molecule has 1 unspecified atom stereocenters. The number of hydrogen-bond acceptors (Lipinski definition) is 2. The second kappa shape index (κ2) is 4.02. The SMILES string of the molecule is CC(O)=C1CCCC1O.[Cu]. The molecule has 1 radical (unpaired) electrons. The Morgan fingerprint density at radius 1 is 1.60 bits per heavy atom. The molecule has 1 aliphatic rings. The molecule has 0 spiro atoms. The molecule has 3 heteroatoms. The fourth-order valence-corrected chi connectivity index (χ4v) is 1.25. The summed E-state index contributed by atoms with van der Waals surface area (Å²) >= 11 is 0. The Labute approximate surface area is 71.4 Å². The van der Waals surface area contributed by atoms with Gasteiger partial charge in [0.15, 0.2) is 0 Å². The number of rotatable bonds is 0. The van der Waals surface area contributed by atoms with Crippen molar-refractivity contribution >= 4 is 0 Å². The van der Waals surface area contributed by atoms with E-state index in [0.29, 0.717) is 5.76 Å². The maximum atomic E-state index is 9.14. The van der Waals surface area contributed by atoms with Gasteiger partial charge in [0, 0.05) is 17.1 Å². The molecule has 63 valence electrons. The molecular formula is C7H12CuO2. The summed E-state index contributed by atoms with van der Waals surface area (Å²) in [4.78, 5) is 0. The summed E-state index contributed by atoms with van der Waals surface area (Å²) in [6.07, 6.45) is 2.32. The Hall–Kier alpha value is 0.0195. The summed E-state index contributed by atoms with van der Waals surface area (Å²) in [6, 6.07) is 0. The fourth-order valence-electron chi connectivity index (χ4n) is 1.25. The van der Waals surface area contributed by atoms with E-state index in [1.807, 2.05) is 0 Å². The van der Waals surface area contributed by atoms with Gasteiger partial charge in [0.1, 0.15) is 0 Å². The molecule has 1 rings (SSSR count). The maximum Gasteiger partial charge on any atom is 0.0909 e. The Bertz CT molecular complexity index is 139. The van der Waals surface area contributed by atoms with Gasteiger partial charge in [0.2, 0.25) is 0 Å². The molecule has 0 aromatic carbocycles. The van der Waals surface area contributed by atoms with Gasteiger partial charge in [-0.05, 0) is 31.8 Å². The molecule has 1 aliphatic carbocycles. The Balaban J connectivity index is 0.000000810.